The predicted molar refractivity (Wildman–Crippen MR) is 107 cm³/mol. The van der Waals surface area contributed by atoms with Crippen LogP contribution in [0.3, 0.4) is 0 Å². The highest BCUT2D eigenvalue weighted by atomic mass is 32.2. The fourth-order valence-corrected chi connectivity index (χ4v) is 4.46. The first-order chi connectivity index (χ1) is 13.8. The highest BCUT2D eigenvalue weighted by molar-refractivity contribution is 7.89. The fraction of sp³-hybridized carbons (Fsp3) is 0.526. The molecule has 9 nitrogen and oxygen atoms in total. The summed E-state index contributed by atoms with van der Waals surface area (Å²) in [6, 6.07) is 7.29. The molecule has 158 valence electrons. The van der Waals surface area contributed by atoms with Crippen LogP contribution in [-0.2, 0) is 21.4 Å². The number of amides is 1. The lowest BCUT2D eigenvalue weighted by atomic mass is 9.97. The molecule has 1 aromatic carbocycles. The van der Waals surface area contributed by atoms with Crippen LogP contribution < -0.4 is 4.74 Å². The molecule has 29 heavy (non-hydrogen) atoms. The second kappa shape index (κ2) is 8.91. The van der Waals surface area contributed by atoms with Crippen molar-refractivity contribution < 1.29 is 22.5 Å². The molecule has 0 saturated carbocycles. The van der Waals surface area contributed by atoms with Crippen molar-refractivity contribution in [1.82, 2.24) is 19.3 Å². The Morgan fingerprint density at radius 3 is 2.52 bits per heavy atom. The topological polar surface area (TPSA) is 106 Å². The van der Waals surface area contributed by atoms with Crippen molar-refractivity contribution in [3.8, 4) is 17.1 Å². The maximum Gasteiger partial charge on any atom is 0.246 e. The number of benzene rings is 1. The molecule has 2 aromatic rings. The van der Waals surface area contributed by atoms with Crippen LogP contribution in [0, 0.1) is 5.92 Å². The van der Waals surface area contributed by atoms with E-state index in [-0.39, 0.29) is 24.1 Å². The molecular weight excluding hydrogens is 396 g/mol. The van der Waals surface area contributed by atoms with E-state index in [4.69, 9.17) is 9.26 Å². The molecule has 2 heterocycles. The van der Waals surface area contributed by atoms with E-state index in [1.807, 2.05) is 24.3 Å². The maximum absolute atomic E-state index is 12.7. The molecule has 1 amide bonds. The first kappa shape index (κ1) is 21.3. The van der Waals surface area contributed by atoms with Crippen LogP contribution in [0.25, 0.3) is 11.4 Å². The van der Waals surface area contributed by atoms with Gasteiger partial charge in [0.2, 0.25) is 27.6 Å². The lowest BCUT2D eigenvalue weighted by Gasteiger charge is -2.32. The number of rotatable bonds is 7. The van der Waals surface area contributed by atoms with Gasteiger partial charge >= 0.3 is 0 Å². The molecule has 1 fully saturated rings. The Labute approximate surface area is 170 Å². The van der Waals surface area contributed by atoms with Gasteiger partial charge in [-0.05, 0) is 44.0 Å². The van der Waals surface area contributed by atoms with Crippen LogP contribution in [0.15, 0.2) is 28.8 Å². The molecular formula is C19H26N4O5S. The molecule has 0 aliphatic carbocycles. The van der Waals surface area contributed by atoms with E-state index >= 15 is 0 Å². The van der Waals surface area contributed by atoms with Crippen molar-refractivity contribution in [2.75, 3.05) is 33.0 Å². The van der Waals surface area contributed by atoms with Gasteiger partial charge in [-0.15, -0.1) is 0 Å². The molecule has 10 heteroatoms. The predicted octanol–water partition coefficient (Wildman–Crippen LogP) is 1.77. The minimum absolute atomic E-state index is 0.0391. The zero-order valence-electron chi connectivity index (χ0n) is 16.9. The van der Waals surface area contributed by atoms with Gasteiger partial charge in [-0.25, -0.2) is 12.7 Å². The third-order valence-corrected chi connectivity index (χ3v) is 7.01. The zero-order chi connectivity index (χ0) is 21.0. The summed E-state index contributed by atoms with van der Waals surface area (Å²) in [7, 11) is 0.0873. The Kier molecular flexibility index (Phi) is 6.53. The summed E-state index contributed by atoms with van der Waals surface area (Å²) in [5.41, 5.74) is 0.791. The van der Waals surface area contributed by atoms with E-state index in [2.05, 4.69) is 10.1 Å². The third-order valence-electron chi connectivity index (χ3n) is 5.13. The van der Waals surface area contributed by atoms with Gasteiger partial charge in [0.25, 0.3) is 0 Å². The fourth-order valence-electron chi connectivity index (χ4n) is 3.33. The van der Waals surface area contributed by atoms with E-state index in [1.165, 1.54) is 4.31 Å². The highest BCUT2D eigenvalue weighted by Gasteiger charge is 2.31. The number of ether oxygens (including phenoxy) is 1. The van der Waals surface area contributed by atoms with Crippen molar-refractivity contribution in [3.05, 3.63) is 30.2 Å². The molecule has 0 bridgehead atoms. The summed E-state index contributed by atoms with van der Waals surface area (Å²) in [6.45, 7) is 2.59. The van der Waals surface area contributed by atoms with Crippen molar-refractivity contribution in [2.45, 2.75) is 26.3 Å². The Morgan fingerprint density at radius 1 is 1.28 bits per heavy atom. The lowest BCUT2D eigenvalue weighted by molar-refractivity contribution is -0.136. The molecule has 0 atom stereocenters. The Balaban J connectivity index is 1.57. The van der Waals surface area contributed by atoms with E-state index in [0.29, 0.717) is 37.6 Å². The van der Waals surface area contributed by atoms with Crippen molar-refractivity contribution in [3.63, 3.8) is 0 Å². The number of carbonyl (C=O) groups excluding carboxylic acids is 1. The summed E-state index contributed by atoms with van der Waals surface area (Å²) < 4.78 is 35.8. The van der Waals surface area contributed by atoms with Gasteiger partial charge in [-0.3, -0.25) is 4.79 Å². The first-order valence-corrected chi connectivity index (χ1v) is 11.1. The number of hydrogen-bond donors (Lipinski definition) is 0. The minimum atomic E-state index is -3.20. The van der Waals surface area contributed by atoms with Crippen LogP contribution in [0.1, 0.15) is 25.7 Å². The van der Waals surface area contributed by atoms with Crippen molar-refractivity contribution in [1.29, 1.82) is 0 Å². The smallest absolute Gasteiger partial charge is 0.246 e. The number of methoxy groups -OCH3 is 1. The van der Waals surface area contributed by atoms with Crippen LogP contribution >= 0.6 is 0 Å². The van der Waals surface area contributed by atoms with E-state index in [9.17, 15) is 13.2 Å². The molecule has 0 unspecified atom stereocenters. The molecule has 0 spiro atoms. The number of piperidine rings is 1. The first-order valence-electron chi connectivity index (χ1n) is 9.54. The summed E-state index contributed by atoms with van der Waals surface area (Å²) in [6.07, 6.45) is 1.03. The molecule has 1 saturated heterocycles. The maximum atomic E-state index is 12.7. The van der Waals surface area contributed by atoms with E-state index in [1.54, 1.807) is 26.0 Å². The molecule has 1 aliphatic heterocycles. The quantitative estimate of drug-likeness (QED) is 0.669. The molecule has 1 aliphatic rings. The van der Waals surface area contributed by atoms with Gasteiger partial charge in [-0.2, -0.15) is 4.98 Å². The Bertz CT molecular complexity index is 934. The average Bonchev–Trinajstić information content (AvgIpc) is 3.21. The van der Waals surface area contributed by atoms with Crippen LogP contribution in [0.2, 0.25) is 0 Å². The summed E-state index contributed by atoms with van der Waals surface area (Å²) in [5.74, 6) is 1.37. The lowest BCUT2D eigenvalue weighted by Crippen LogP contribution is -2.43. The second-order valence-corrected chi connectivity index (χ2v) is 9.27. The summed E-state index contributed by atoms with van der Waals surface area (Å²) in [4.78, 5) is 18.6. The van der Waals surface area contributed by atoms with Crippen molar-refractivity contribution >= 4 is 15.9 Å². The zero-order valence-corrected chi connectivity index (χ0v) is 17.7. The SMILES string of the molecule is CCS(=O)(=O)N1CCC(C(=O)N(C)Cc2nc(-c3ccc(OC)cc3)no2)CC1. The van der Waals surface area contributed by atoms with E-state index < -0.39 is 10.0 Å². The van der Waals surface area contributed by atoms with Gasteiger partial charge in [0.15, 0.2) is 0 Å². The minimum Gasteiger partial charge on any atom is -0.497 e. The monoisotopic (exact) mass is 422 g/mol. The Hall–Kier alpha value is -2.46. The standard InChI is InChI=1S/C19H26N4O5S/c1-4-29(25,26)23-11-9-15(10-12-23)19(24)22(2)13-17-20-18(21-28-17)14-5-7-16(27-3)8-6-14/h5-8,15H,4,9-13H2,1-3H3. The van der Waals surface area contributed by atoms with Crippen LogP contribution in [0.4, 0.5) is 0 Å². The molecule has 3 rings (SSSR count). The average molecular weight is 423 g/mol. The molecule has 1 aromatic heterocycles. The summed E-state index contributed by atoms with van der Waals surface area (Å²) in [5, 5.41) is 3.97. The number of sulfonamides is 1. The van der Waals surface area contributed by atoms with Gasteiger partial charge in [0.1, 0.15) is 5.75 Å². The van der Waals surface area contributed by atoms with Crippen LogP contribution in [-0.4, -0.2) is 66.7 Å². The van der Waals surface area contributed by atoms with Crippen molar-refractivity contribution in [2.24, 2.45) is 5.92 Å². The normalized spacial score (nSPS) is 16.0. The molecule has 0 N–H and O–H groups in total. The molecule has 0 radical (unpaired) electrons. The summed E-state index contributed by atoms with van der Waals surface area (Å²) >= 11 is 0. The number of aromatic nitrogens is 2. The highest BCUT2D eigenvalue weighted by Crippen LogP contribution is 2.23. The largest absolute Gasteiger partial charge is 0.497 e. The van der Waals surface area contributed by atoms with Crippen LogP contribution in [0.5, 0.6) is 5.75 Å². The van der Waals surface area contributed by atoms with Gasteiger partial charge in [0, 0.05) is 31.6 Å². The van der Waals surface area contributed by atoms with E-state index in [0.717, 1.165) is 11.3 Å². The third kappa shape index (κ3) is 4.94. The number of carbonyl (C=O) groups is 1. The van der Waals surface area contributed by atoms with Gasteiger partial charge in [0.05, 0.1) is 19.4 Å². The van der Waals surface area contributed by atoms with Gasteiger partial charge < -0.3 is 14.2 Å². The second-order valence-electron chi connectivity index (χ2n) is 7.01. The Morgan fingerprint density at radius 2 is 1.93 bits per heavy atom. The van der Waals surface area contributed by atoms with Gasteiger partial charge in [-0.1, -0.05) is 5.16 Å². The number of nitrogens with zero attached hydrogens (tertiary/aromatic N) is 4. The number of hydrogen-bond acceptors (Lipinski definition) is 7.